The Morgan fingerprint density at radius 1 is 0.958 bits per heavy atom. The number of carbonyl (C=O) groups is 2. The number of carbonyl (C=O) groups excluding carboxylic acids is 2. The molecule has 3 rings (SSSR count). The van der Waals surface area contributed by atoms with Crippen LogP contribution in [0.25, 0.3) is 6.08 Å². The van der Waals surface area contributed by atoms with Crippen molar-refractivity contribution in [3.05, 3.63) is 78.2 Å². The molecule has 0 aliphatic heterocycles. The fraction of sp³-hybridized carbons (Fsp3) is 0.0588. The molecule has 0 saturated heterocycles. The van der Waals surface area contributed by atoms with Gasteiger partial charge in [0, 0.05) is 6.08 Å². The molecular weight excluding hydrogens is 312 g/mol. The molecule has 3 aromatic rings. The van der Waals surface area contributed by atoms with Gasteiger partial charge in [0.2, 0.25) is 0 Å². The van der Waals surface area contributed by atoms with E-state index in [0.29, 0.717) is 11.5 Å². The summed E-state index contributed by atoms with van der Waals surface area (Å²) in [6.07, 6.45) is 5.79. The van der Waals surface area contributed by atoms with E-state index >= 15 is 0 Å². The summed E-state index contributed by atoms with van der Waals surface area (Å²) in [5.41, 5.74) is 0.0258. The Morgan fingerprint density at radius 2 is 1.71 bits per heavy atom. The fourth-order valence-corrected chi connectivity index (χ4v) is 1.94. The van der Waals surface area contributed by atoms with Crippen molar-refractivity contribution in [3.63, 3.8) is 0 Å². The van der Waals surface area contributed by atoms with E-state index in [4.69, 9.17) is 13.3 Å². The summed E-state index contributed by atoms with van der Waals surface area (Å²) in [6.45, 7) is 0.192. The van der Waals surface area contributed by atoms with Gasteiger partial charge in [-0.1, -0.05) is 0 Å². The molecule has 3 heterocycles. The van der Waals surface area contributed by atoms with Crippen LogP contribution in [-0.4, -0.2) is 11.8 Å². The highest BCUT2D eigenvalue weighted by molar-refractivity contribution is 6.04. The summed E-state index contributed by atoms with van der Waals surface area (Å²) in [5.74, 6) is 0.101. The summed E-state index contributed by atoms with van der Waals surface area (Å²) in [6, 6.07) is 9.89. The lowest BCUT2D eigenvalue weighted by Gasteiger charge is -2.09. The van der Waals surface area contributed by atoms with Crippen LogP contribution in [0.5, 0.6) is 0 Å². The van der Waals surface area contributed by atoms with Gasteiger partial charge in [-0.2, -0.15) is 0 Å². The molecule has 0 atom stereocenters. The SMILES string of the molecule is O=C(NCc1ccco1)/C(=C\c1ccco1)NC(=O)c1ccco1. The van der Waals surface area contributed by atoms with Crippen LogP contribution in [0.3, 0.4) is 0 Å². The maximum atomic E-state index is 12.4. The van der Waals surface area contributed by atoms with Crippen molar-refractivity contribution in [1.82, 2.24) is 10.6 Å². The van der Waals surface area contributed by atoms with Gasteiger partial charge in [-0.15, -0.1) is 0 Å². The number of hydrogen-bond donors (Lipinski definition) is 2. The van der Waals surface area contributed by atoms with Crippen molar-refractivity contribution in [2.45, 2.75) is 6.54 Å². The van der Waals surface area contributed by atoms with Crippen LogP contribution in [0.15, 0.2) is 74.1 Å². The highest BCUT2D eigenvalue weighted by Crippen LogP contribution is 2.08. The molecule has 0 fully saturated rings. The van der Waals surface area contributed by atoms with Crippen LogP contribution in [-0.2, 0) is 11.3 Å². The zero-order valence-corrected chi connectivity index (χ0v) is 12.5. The smallest absolute Gasteiger partial charge is 0.291 e. The number of rotatable bonds is 6. The molecule has 7 heteroatoms. The molecule has 0 bridgehead atoms. The van der Waals surface area contributed by atoms with Crippen molar-refractivity contribution in [3.8, 4) is 0 Å². The van der Waals surface area contributed by atoms with E-state index in [2.05, 4.69) is 10.6 Å². The fourth-order valence-electron chi connectivity index (χ4n) is 1.94. The second-order valence-corrected chi connectivity index (χ2v) is 4.77. The van der Waals surface area contributed by atoms with E-state index in [-0.39, 0.29) is 18.0 Å². The van der Waals surface area contributed by atoms with Gasteiger partial charge < -0.3 is 23.9 Å². The second kappa shape index (κ2) is 7.19. The first kappa shape index (κ1) is 15.4. The molecule has 0 saturated carbocycles. The van der Waals surface area contributed by atoms with Crippen molar-refractivity contribution < 1.29 is 22.8 Å². The highest BCUT2D eigenvalue weighted by atomic mass is 16.3. The van der Waals surface area contributed by atoms with Crippen LogP contribution in [0, 0.1) is 0 Å². The molecule has 0 aliphatic carbocycles. The Labute approximate surface area is 136 Å². The van der Waals surface area contributed by atoms with Crippen LogP contribution in [0.4, 0.5) is 0 Å². The molecular formula is C17H14N2O5. The average Bonchev–Trinajstić information content (AvgIpc) is 3.34. The summed E-state index contributed by atoms with van der Waals surface area (Å²) in [4.78, 5) is 24.5. The van der Waals surface area contributed by atoms with Gasteiger partial charge in [-0.05, 0) is 36.4 Å². The molecule has 2 N–H and O–H groups in total. The molecule has 2 amide bonds. The number of nitrogens with one attached hydrogen (secondary N) is 2. The Kier molecular flexibility index (Phi) is 4.62. The Morgan fingerprint density at radius 3 is 2.38 bits per heavy atom. The molecule has 0 aromatic carbocycles. The second-order valence-electron chi connectivity index (χ2n) is 4.77. The largest absolute Gasteiger partial charge is 0.467 e. The monoisotopic (exact) mass is 326 g/mol. The topological polar surface area (TPSA) is 97.6 Å². The van der Waals surface area contributed by atoms with E-state index in [1.165, 1.54) is 30.9 Å². The summed E-state index contributed by atoms with van der Waals surface area (Å²) >= 11 is 0. The Bertz CT molecular complexity index is 815. The molecule has 0 spiro atoms. The first-order chi connectivity index (χ1) is 11.7. The minimum Gasteiger partial charge on any atom is -0.467 e. The molecule has 0 unspecified atom stereocenters. The molecule has 7 nitrogen and oxygen atoms in total. The normalized spacial score (nSPS) is 11.2. The Balaban J connectivity index is 1.74. The Hall–Kier alpha value is -3.48. The maximum absolute atomic E-state index is 12.4. The van der Waals surface area contributed by atoms with Gasteiger partial charge in [0.1, 0.15) is 17.2 Å². The van der Waals surface area contributed by atoms with Crippen molar-refractivity contribution >= 4 is 17.9 Å². The average molecular weight is 326 g/mol. The van der Waals surface area contributed by atoms with Crippen molar-refractivity contribution in [2.75, 3.05) is 0 Å². The molecule has 0 radical (unpaired) electrons. The zero-order chi connectivity index (χ0) is 16.8. The van der Waals surface area contributed by atoms with Crippen LogP contribution < -0.4 is 10.6 Å². The molecule has 3 aromatic heterocycles. The van der Waals surface area contributed by atoms with Crippen LogP contribution in [0.2, 0.25) is 0 Å². The van der Waals surface area contributed by atoms with Crippen LogP contribution in [0.1, 0.15) is 22.1 Å². The first-order valence-electron chi connectivity index (χ1n) is 7.13. The molecule has 122 valence electrons. The van der Waals surface area contributed by atoms with E-state index < -0.39 is 11.8 Å². The summed E-state index contributed by atoms with van der Waals surface area (Å²) in [5, 5.41) is 5.17. The first-order valence-corrected chi connectivity index (χ1v) is 7.13. The lowest BCUT2D eigenvalue weighted by molar-refractivity contribution is -0.118. The van der Waals surface area contributed by atoms with Gasteiger partial charge in [-0.25, -0.2) is 0 Å². The van der Waals surface area contributed by atoms with E-state index in [0.717, 1.165) is 0 Å². The third-order valence-corrected chi connectivity index (χ3v) is 3.07. The standard InChI is InChI=1S/C17H14N2O5/c20-16(18-11-13-5-2-8-23-13)14(10-12-4-1-7-22-12)19-17(21)15-6-3-9-24-15/h1-10H,11H2,(H,18,20)(H,19,21)/b14-10+. The van der Waals surface area contributed by atoms with Gasteiger partial charge in [-0.3, -0.25) is 9.59 Å². The number of hydrogen-bond acceptors (Lipinski definition) is 5. The lowest BCUT2D eigenvalue weighted by Crippen LogP contribution is -2.34. The lowest BCUT2D eigenvalue weighted by atomic mass is 10.3. The highest BCUT2D eigenvalue weighted by Gasteiger charge is 2.17. The number of amides is 2. The van der Waals surface area contributed by atoms with Gasteiger partial charge in [0.15, 0.2) is 5.76 Å². The minimum absolute atomic E-state index is 0.0258. The third-order valence-electron chi connectivity index (χ3n) is 3.07. The van der Waals surface area contributed by atoms with Gasteiger partial charge in [0.05, 0.1) is 25.3 Å². The van der Waals surface area contributed by atoms with E-state index in [1.807, 2.05) is 0 Å². The van der Waals surface area contributed by atoms with Crippen molar-refractivity contribution in [2.24, 2.45) is 0 Å². The predicted molar refractivity (Wildman–Crippen MR) is 83.4 cm³/mol. The molecule has 24 heavy (non-hydrogen) atoms. The van der Waals surface area contributed by atoms with Crippen molar-refractivity contribution in [1.29, 1.82) is 0 Å². The quantitative estimate of drug-likeness (QED) is 0.678. The molecule has 0 aliphatic rings. The minimum atomic E-state index is -0.536. The van der Waals surface area contributed by atoms with Gasteiger partial charge in [0.25, 0.3) is 11.8 Å². The van der Waals surface area contributed by atoms with E-state index in [9.17, 15) is 9.59 Å². The summed E-state index contributed by atoms with van der Waals surface area (Å²) < 4.78 is 15.4. The van der Waals surface area contributed by atoms with Gasteiger partial charge >= 0.3 is 0 Å². The maximum Gasteiger partial charge on any atom is 0.291 e. The number of furan rings is 3. The predicted octanol–water partition coefficient (Wildman–Crippen LogP) is 2.55. The summed E-state index contributed by atoms with van der Waals surface area (Å²) in [7, 11) is 0. The van der Waals surface area contributed by atoms with E-state index in [1.54, 1.807) is 30.3 Å². The zero-order valence-electron chi connectivity index (χ0n) is 12.5. The third kappa shape index (κ3) is 3.83. The van der Waals surface area contributed by atoms with Crippen LogP contribution >= 0.6 is 0 Å².